The van der Waals surface area contributed by atoms with Gasteiger partial charge in [-0.2, -0.15) is 0 Å². The van der Waals surface area contributed by atoms with E-state index in [9.17, 15) is 19.2 Å². The van der Waals surface area contributed by atoms with Gasteiger partial charge in [0, 0.05) is 19.2 Å². The molecule has 0 spiro atoms. The molecule has 9 heteroatoms. The van der Waals surface area contributed by atoms with E-state index >= 15 is 0 Å². The molecular formula is C30H42N4O5. The number of allylic oxidation sites excluding steroid dienone is 2. The van der Waals surface area contributed by atoms with E-state index in [0.717, 1.165) is 31.4 Å². The van der Waals surface area contributed by atoms with Crippen LogP contribution in [-0.2, 0) is 25.7 Å². The lowest BCUT2D eigenvalue weighted by Gasteiger charge is -2.30. The maximum atomic E-state index is 13.7. The number of fused-ring (bicyclic) bond motifs is 2. The smallest absolute Gasteiger partial charge is 0.408 e. The lowest BCUT2D eigenvalue weighted by atomic mass is 9.91. The van der Waals surface area contributed by atoms with Crippen LogP contribution in [0.3, 0.4) is 0 Å². The summed E-state index contributed by atoms with van der Waals surface area (Å²) in [6.45, 7) is 6.10. The van der Waals surface area contributed by atoms with Crippen LogP contribution in [0.15, 0.2) is 36.5 Å². The first-order valence-corrected chi connectivity index (χ1v) is 14.3. The van der Waals surface area contributed by atoms with Gasteiger partial charge < -0.3 is 20.3 Å². The van der Waals surface area contributed by atoms with E-state index in [1.165, 1.54) is 0 Å². The maximum Gasteiger partial charge on any atom is 0.408 e. The van der Waals surface area contributed by atoms with Crippen LogP contribution in [-0.4, -0.2) is 57.8 Å². The molecule has 1 aromatic heterocycles. The Kier molecular flexibility index (Phi) is 9.08. The van der Waals surface area contributed by atoms with Crippen molar-refractivity contribution in [2.75, 3.05) is 6.54 Å². The zero-order chi connectivity index (χ0) is 28.0. The Balaban J connectivity index is 1.51. The Labute approximate surface area is 231 Å². The number of nitrogens with one attached hydrogen (secondary N) is 2. The van der Waals surface area contributed by atoms with Crippen LogP contribution in [0.4, 0.5) is 4.79 Å². The van der Waals surface area contributed by atoms with E-state index in [1.54, 1.807) is 31.9 Å². The van der Waals surface area contributed by atoms with E-state index in [0.29, 0.717) is 38.8 Å². The van der Waals surface area contributed by atoms with Gasteiger partial charge in [0.2, 0.25) is 11.8 Å². The summed E-state index contributed by atoms with van der Waals surface area (Å²) in [5.41, 5.74) is -0.722. The minimum absolute atomic E-state index is 0.00227. The van der Waals surface area contributed by atoms with E-state index < -0.39 is 29.2 Å². The van der Waals surface area contributed by atoms with Crippen molar-refractivity contribution in [3.63, 3.8) is 0 Å². The van der Waals surface area contributed by atoms with Crippen LogP contribution in [0, 0.1) is 11.3 Å². The Bertz CT molecular complexity index is 1080. The molecular weight excluding hydrogens is 496 g/mol. The van der Waals surface area contributed by atoms with Gasteiger partial charge in [0.15, 0.2) is 5.78 Å². The number of ether oxygens (including phenoxy) is 1. The van der Waals surface area contributed by atoms with Crippen molar-refractivity contribution in [2.45, 2.75) is 103 Å². The first kappa shape index (κ1) is 28.8. The molecule has 2 fully saturated rings. The van der Waals surface area contributed by atoms with Crippen molar-refractivity contribution >= 4 is 23.7 Å². The molecule has 2 aliphatic heterocycles. The van der Waals surface area contributed by atoms with Crippen molar-refractivity contribution in [2.24, 2.45) is 11.3 Å². The van der Waals surface area contributed by atoms with Gasteiger partial charge in [-0.15, -0.1) is 0 Å². The third-order valence-corrected chi connectivity index (χ3v) is 7.86. The number of Topliss-reactive ketones (excluding diaryl/α,β-unsaturated/α-hetero) is 1. The summed E-state index contributed by atoms with van der Waals surface area (Å²) in [4.78, 5) is 59.3. The first-order chi connectivity index (χ1) is 18.6. The lowest BCUT2D eigenvalue weighted by Crippen LogP contribution is -2.52. The number of nitrogens with zero attached hydrogens (tertiary/aromatic N) is 2. The molecule has 3 heterocycles. The van der Waals surface area contributed by atoms with E-state index in [-0.39, 0.29) is 29.9 Å². The Hall–Kier alpha value is -3.23. The predicted octanol–water partition coefficient (Wildman–Crippen LogP) is 4.07. The fourth-order valence-corrected chi connectivity index (χ4v) is 5.73. The van der Waals surface area contributed by atoms with Crippen LogP contribution in [0.1, 0.15) is 84.3 Å². The molecule has 4 atom stereocenters. The Morgan fingerprint density at radius 1 is 1.13 bits per heavy atom. The largest absolute Gasteiger partial charge is 0.444 e. The van der Waals surface area contributed by atoms with Gasteiger partial charge in [-0.05, 0) is 77.3 Å². The number of amides is 3. The summed E-state index contributed by atoms with van der Waals surface area (Å²) >= 11 is 0. The van der Waals surface area contributed by atoms with Crippen molar-refractivity contribution in [1.29, 1.82) is 0 Å². The number of aromatic nitrogens is 1. The zero-order valence-electron chi connectivity index (χ0n) is 23.4. The number of rotatable bonds is 4. The van der Waals surface area contributed by atoms with Crippen molar-refractivity contribution < 1.29 is 23.9 Å². The van der Waals surface area contributed by atoms with Gasteiger partial charge in [0.05, 0.1) is 23.7 Å². The molecule has 0 bridgehead atoms. The molecule has 1 saturated heterocycles. The van der Waals surface area contributed by atoms with Gasteiger partial charge in [-0.1, -0.05) is 31.1 Å². The highest BCUT2D eigenvalue weighted by atomic mass is 16.6. The molecule has 0 unspecified atom stereocenters. The zero-order valence-corrected chi connectivity index (χ0v) is 23.4. The highest BCUT2D eigenvalue weighted by molar-refractivity contribution is 5.97. The highest BCUT2D eigenvalue weighted by Gasteiger charge is 2.60. The van der Waals surface area contributed by atoms with Crippen LogP contribution in [0.25, 0.3) is 0 Å². The number of ketones is 1. The van der Waals surface area contributed by atoms with Gasteiger partial charge in [-0.3, -0.25) is 19.4 Å². The van der Waals surface area contributed by atoms with E-state index in [1.807, 2.05) is 18.2 Å². The number of alkyl carbamates (subject to hydrolysis) is 1. The minimum atomic E-state index is -0.798. The molecule has 2 N–H and O–H groups in total. The fourth-order valence-electron chi connectivity index (χ4n) is 5.73. The summed E-state index contributed by atoms with van der Waals surface area (Å²) in [5.74, 6) is -0.468. The van der Waals surface area contributed by atoms with Crippen LogP contribution in [0.2, 0.25) is 0 Å². The fraction of sp³-hybridized carbons (Fsp3) is 0.633. The van der Waals surface area contributed by atoms with E-state index in [2.05, 4.69) is 27.8 Å². The second kappa shape index (κ2) is 12.3. The summed E-state index contributed by atoms with van der Waals surface area (Å²) < 4.78 is 5.42. The normalized spacial score (nSPS) is 28.8. The topological polar surface area (TPSA) is 118 Å². The Morgan fingerprint density at radius 3 is 2.69 bits per heavy atom. The van der Waals surface area contributed by atoms with Crippen molar-refractivity contribution in [1.82, 2.24) is 20.5 Å². The van der Waals surface area contributed by atoms with Gasteiger partial charge in [0.1, 0.15) is 11.6 Å². The van der Waals surface area contributed by atoms with Crippen molar-refractivity contribution in [3.8, 4) is 0 Å². The standard InChI is InChI=1S/C30H42N4O5/c1-29(2,3)39-28(38)33-23-14-8-6-4-5-7-12-21-18-30(21,27(37)32-20-22-13-9-10-16-31-22)19-25(35)24-15-11-17-34(24)26(23)36/h7,9-10,12-13,16,21,23-24H,4-6,8,11,14-15,17-20H2,1-3H3,(H,32,37)(H,33,38)/b12-7-/t21-,23+,24+,30-/m1/s1. The van der Waals surface area contributed by atoms with Crippen LogP contribution < -0.4 is 10.6 Å². The third-order valence-electron chi connectivity index (χ3n) is 7.86. The average Bonchev–Trinajstić information content (AvgIpc) is 3.34. The molecule has 9 nitrogen and oxygen atoms in total. The summed E-state index contributed by atoms with van der Waals surface area (Å²) in [6, 6.07) is 4.22. The summed E-state index contributed by atoms with van der Waals surface area (Å²) in [7, 11) is 0. The number of hydrogen-bond donors (Lipinski definition) is 2. The van der Waals surface area contributed by atoms with Gasteiger partial charge >= 0.3 is 6.09 Å². The lowest BCUT2D eigenvalue weighted by molar-refractivity contribution is -0.140. The molecule has 212 valence electrons. The number of pyridine rings is 1. The molecule has 3 amide bonds. The molecule has 1 aromatic rings. The minimum Gasteiger partial charge on any atom is -0.444 e. The summed E-state index contributed by atoms with van der Waals surface area (Å²) in [6.07, 6.45) is 11.2. The Morgan fingerprint density at radius 2 is 1.95 bits per heavy atom. The second-order valence-corrected chi connectivity index (χ2v) is 12.1. The van der Waals surface area contributed by atoms with Crippen molar-refractivity contribution in [3.05, 3.63) is 42.2 Å². The van der Waals surface area contributed by atoms with E-state index in [4.69, 9.17) is 4.74 Å². The molecule has 0 aromatic carbocycles. The molecule has 39 heavy (non-hydrogen) atoms. The van der Waals surface area contributed by atoms with Gasteiger partial charge in [-0.25, -0.2) is 4.79 Å². The number of carbonyl (C=O) groups is 4. The molecule has 4 rings (SSSR count). The highest BCUT2D eigenvalue weighted by Crippen LogP contribution is 2.57. The van der Waals surface area contributed by atoms with Gasteiger partial charge in [0.25, 0.3) is 0 Å². The molecule has 0 radical (unpaired) electrons. The quantitative estimate of drug-likeness (QED) is 0.558. The monoisotopic (exact) mass is 538 g/mol. The molecule has 3 aliphatic rings. The predicted molar refractivity (Wildman–Crippen MR) is 146 cm³/mol. The third kappa shape index (κ3) is 7.46. The molecule has 1 aliphatic carbocycles. The second-order valence-electron chi connectivity index (χ2n) is 12.1. The summed E-state index contributed by atoms with van der Waals surface area (Å²) in [5, 5.41) is 5.77. The van der Waals surface area contributed by atoms with Crippen LogP contribution in [0.5, 0.6) is 0 Å². The number of hydrogen-bond acceptors (Lipinski definition) is 6. The average molecular weight is 539 g/mol. The number of carbonyl (C=O) groups excluding carboxylic acids is 4. The first-order valence-electron chi connectivity index (χ1n) is 14.3. The van der Waals surface area contributed by atoms with Crippen LogP contribution >= 0.6 is 0 Å². The molecule has 1 saturated carbocycles. The maximum absolute atomic E-state index is 13.7. The SMILES string of the molecule is CC(C)(C)OC(=O)N[C@H]1CCCCC/C=C\[C@@H]2C[C@@]2(C(=O)NCc2ccccn2)CC(=O)[C@@H]2CCCN2C1=O.